The van der Waals surface area contributed by atoms with Gasteiger partial charge in [0.25, 0.3) is 0 Å². The molecule has 0 fully saturated rings. The van der Waals surface area contributed by atoms with Gasteiger partial charge in [0.05, 0.1) is 12.7 Å². The minimum Gasteiger partial charge on any atom is -0.389 e. The summed E-state index contributed by atoms with van der Waals surface area (Å²) in [5.41, 5.74) is 0. The monoisotopic (exact) mass is 313 g/mol. The Hall–Kier alpha value is -0.330. The van der Waals surface area contributed by atoms with E-state index in [1.165, 1.54) is 12.8 Å². The highest BCUT2D eigenvalue weighted by Gasteiger charge is 2.25. The normalized spacial score (nSPS) is 15.1. The van der Waals surface area contributed by atoms with Gasteiger partial charge in [0, 0.05) is 19.6 Å². The molecule has 0 spiro atoms. The molecular formula is C15H30F3NO2. The minimum atomic E-state index is -4.10. The second-order valence-electron chi connectivity index (χ2n) is 5.53. The Morgan fingerprint density at radius 2 is 1.86 bits per heavy atom. The van der Waals surface area contributed by atoms with Crippen LogP contribution < -0.4 is 5.32 Å². The van der Waals surface area contributed by atoms with E-state index in [0.29, 0.717) is 12.5 Å². The Bertz CT molecular complexity index is 237. The zero-order valence-electron chi connectivity index (χ0n) is 13.2. The third-order valence-electron chi connectivity index (χ3n) is 3.40. The van der Waals surface area contributed by atoms with Crippen LogP contribution in [0.25, 0.3) is 0 Å². The first-order valence-electron chi connectivity index (χ1n) is 7.92. The van der Waals surface area contributed by atoms with Crippen molar-refractivity contribution < 1.29 is 23.0 Å². The summed E-state index contributed by atoms with van der Waals surface area (Å²) in [4.78, 5) is 0. The lowest BCUT2D eigenvalue weighted by molar-refractivity contribution is -0.135. The van der Waals surface area contributed by atoms with Crippen molar-refractivity contribution in [2.75, 3.05) is 26.3 Å². The molecule has 0 saturated heterocycles. The number of aliphatic hydroxyl groups excluding tert-OH is 1. The fourth-order valence-corrected chi connectivity index (χ4v) is 2.01. The first-order valence-corrected chi connectivity index (χ1v) is 7.92. The van der Waals surface area contributed by atoms with E-state index in [0.717, 1.165) is 12.8 Å². The van der Waals surface area contributed by atoms with Gasteiger partial charge < -0.3 is 15.2 Å². The molecule has 0 aliphatic heterocycles. The number of unbranched alkanes of at least 4 members (excludes halogenated alkanes) is 1. The van der Waals surface area contributed by atoms with Gasteiger partial charge >= 0.3 is 6.18 Å². The number of rotatable bonds is 13. The maximum absolute atomic E-state index is 11.9. The third kappa shape index (κ3) is 14.4. The summed E-state index contributed by atoms with van der Waals surface area (Å²) in [6.45, 7) is 5.68. The smallest absolute Gasteiger partial charge is 0.389 e. The quantitative estimate of drug-likeness (QED) is 0.511. The van der Waals surface area contributed by atoms with Gasteiger partial charge in [-0.2, -0.15) is 13.2 Å². The molecule has 3 nitrogen and oxygen atoms in total. The van der Waals surface area contributed by atoms with Crippen LogP contribution in [-0.2, 0) is 4.74 Å². The van der Waals surface area contributed by atoms with Crippen LogP contribution in [0.15, 0.2) is 0 Å². The van der Waals surface area contributed by atoms with Crippen molar-refractivity contribution in [3.8, 4) is 0 Å². The standard InChI is InChI=1S/C15H30F3NO2/c1-3-5-7-13(4-2)11-21-12-14(20)10-19-9-6-8-15(16,17)18/h13-14,19-20H,3-12H2,1-2H3. The van der Waals surface area contributed by atoms with E-state index in [-0.39, 0.29) is 26.1 Å². The summed E-state index contributed by atoms with van der Waals surface area (Å²) < 4.78 is 41.2. The lowest BCUT2D eigenvalue weighted by atomic mass is 10.0. The number of hydrogen-bond donors (Lipinski definition) is 2. The van der Waals surface area contributed by atoms with Crippen LogP contribution >= 0.6 is 0 Å². The van der Waals surface area contributed by atoms with Crippen molar-refractivity contribution in [2.24, 2.45) is 5.92 Å². The van der Waals surface area contributed by atoms with E-state index in [9.17, 15) is 18.3 Å². The number of halogens is 3. The molecule has 0 rings (SSSR count). The Morgan fingerprint density at radius 1 is 1.14 bits per heavy atom. The van der Waals surface area contributed by atoms with Gasteiger partial charge in [-0.3, -0.25) is 0 Å². The van der Waals surface area contributed by atoms with E-state index >= 15 is 0 Å². The number of aliphatic hydroxyl groups is 1. The molecule has 128 valence electrons. The zero-order valence-corrected chi connectivity index (χ0v) is 13.2. The summed E-state index contributed by atoms with van der Waals surface area (Å²) in [5.74, 6) is 0.525. The van der Waals surface area contributed by atoms with E-state index < -0.39 is 18.7 Å². The fraction of sp³-hybridized carbons (Fsp3) is 1.00. The Kier molecular flexibility index (Phi) is 12.0. The molecule has 0 aromatic carbocycles. The molecule has 0 radical (unpaired) electrons. The van der Waals surface area contributed by atoms with Gasteiger partial charge in [-0.05, 0) is 25.3 Å². The molecule has 0 bridgehead atoms. The molecular weight excluding hydrogens is 283 g/mol. The highest BCUT2D eigenvalue weighted by Crippen LogP contribution is 2.20. The highest BCUT2D eigenvalue weighted by molar-refractivity contribution is 4.61. The van der Waals surface area contributed by atoms with Crippen LogP contribution in [0.5, 0.6) is 0 Å². The highest BCUT2D eigenvalue weighted by atomic mass is 19.4. The molecule has 0 aliphatic rings. The summed E-state index contributed by atoms with van der Waals surface area (Å²) in [6.07, 6.45) is -0.971. The van der Waals surface area contributed by atoms with Gasteiger partial charge in [-0.1, -0.05) is 33.1 Å². The summed E-state index contributed by atoms with van der Waals surface area (Å²) in [5, 5.41) is 12.5. The van der Waals surface area contributed by atoms with Crippen LogP contribution in [0, 0.1) is 5.92 Å². The summed E-state index contributed by atoms with van der Waals surface area (Å²) >= 11 is 0. The van der Waals surface area contributed by atoms with Crippen LogP contribution in [0.1, 0.15) is 52.4 Å². The van der Waals surface area contributed by atoms with Crippen LogP contribution in [0.3, 0.4) is 0 Å². The van der Waals surface area contributed by atoms with E-state index in [2.05, 4.69) is 19.2 Å². The van der Waals surface area contributed by atoms with E-state index in [1.807, 2.05) is 0 Å². The predicted molar refractivity (Wildman–Crippen MR) is 78.3 cm³/mol. The molecule has 0 aromatic heterocycles. The van der Waals surface area contributed by atoms with Crippen LogP contribution in [0.4, 0.5) is 13.2 Å². The summed E-state index contributed by atoms with van der Waals surface area (Å²) in [6, 6.07) is 0. The van der Waals surface area contributed by atoms with Gasteiger partial charge in [-0.15, -0.1) is 0 Å². The van der Waals surface area contributed by atoms with Crippen molar-refractivity contribution in [3.05, 3.63) is 0 Å². The van der Waals surface area contributed by atoms with E-state index in [4.69, 9.17) is 4.74 Å². The molecule has 0 amide bonds. The van der Waals surface area contributed by atoms with Gasteiger partial charge in [0.1, 0.15) is 0 Å². The molecule has 21 heavy (non-hydrogen) atoms. The molecule has 0 aromatic rings. The van der Waals surface area contributed by atoms with Gasteiger partial charge in [0.2, 0.25) is 0 Å². The van der Waals surface area contributed by atoms with Crippen LogP contribution in [-0.4, -0.2) is 43.7 Å². The summed E-state index contributed by atoms with van der Waals surface area (Å²) in [7, 11) is 0. The van der Waals surface area contributed by atoms with Gasteiger partial charge in [-0.25, -0.2) is 0 Å². The number of ether oxygens (including phenoxy) is 1. The molecule has 2 atom stereocenters. The molecule has 2 N–H and O–H groups in total. The average molecular weight is 313 g/mol. The minimum absolute atomic E-state index is 0.0337. The Labute approximate surface area is 126 Å². The predicted octanol–water partition coefficient (Wildman–Crippen LogP) is 3.51. The molecule has 6 heteroatoms. The number of hydrogen-bond acceptors (Lipinski definition) is 3. The van der Waals surface area contributed by atoms with Crippen molar-refractivity contribution in [1.82, 2.24) is 5.32 Å². The van der Waals surface area contributed by atoms with Gasteiger partial charge in [0.15, 0.2) is 0 Å². The van der Waals surface area contributed by atoms with E-state index in [1.54, 1.807) is 0 Å². The number of nitrogens with one attached hydrogen (secondary N) is 1. The largest absolute Gasteiger partial charge is 0.389 e. The molecule has 0 heterocycles. The maximum atomic E-state index is 11.9. The third-order valence-corrected chi connectivity index (χ3v) is 3.40. The van der Waals surface area contributed by atoms with Crippen LogP contribution in [0.2, 0.25) is 0 Å². The van der Waals surface area contributed by atoms with Crippen molar-refractivity contribution >= 4 is 0 Å². The zero-order chi connectivity index (χ0) is 16.1. The Morgan fingerprint density at radius 3 is 2.43 bits per heavy atom. The fourth-order valence-electron chi connectivity index (χ4n) is 2.01. The first kappa shape index (κ1) is 20.7. The molecule has 0 aliphatic carbocycles. The second kappa shape index (κ2) is 12.2. The van der Waals surface area contributed by atoms with Crippen molar-refractivity contribution in [2.45, 2.75) is 64.7 Å². The molecule has 0 saturated carbocycles. The SMILES string of the molecule is CCCCC(CC)COCC(O)CNCCCC(F)(F)F. The van der Waals surface area contributed by atoms with Crippen molar-refractivity contribution in [3.63, 3.8) is 0 Å². The second-order valence-corrected chi connectivity index (χ2v) is 5.53. The topological polar surface area (TPSA) is 41.5 Å². The maximum Gasteiger partial charge on any atom is 0.389 e. The lowest BCUT2D eigenvalue weighted by Gasteiger charge is -2.17. The lowest BCUT2D eigenvalue weighted by Crippen LogP contribution is -2.32. The average Bonchev–Trinajstić information content (AvgIpc) is 2.41. The first-order chi connectivity index (χ1) is 9.89. The van der Waals surface area contributed by atoms with Crippen molar-refractivity contribution in [1.29, 1.82) is 0 Å². The number of alkyl halides is 3. The molecule has 2 unspecified atom stereocenters. The Balaban J connectivity index is 3.51.